The largest absolute Gasteiger partial charge is 0.334 e. The zero-order valence-corrected chi connectivity index (χ0v) is 11.8. The van der Waals surface area contributed by atoms with Gasteiger partial charge < -0.3 is 0 Å². The molecule has 0 aliphatic carbocycles. The molecule has 0 radical (unpaired) electrons. The van der Waals surface area contributed by atoms with Crippen molar-refractivity contribution in [1.82, 2.24) is 4.90 Å². The van der Waals surface area contributed by atoms with Crippen LogP contribution < -0.4 is 4.90 Å². The Bertz CT molecular complexity index is 601. The summed E-state index contributed by atoms with van der Waals surface area (Å²) in [7, 11) is 0. The highest BCUT2D eigenvalue weighted by atomic mass is 32.1. The monoisotopic (exact) mass is 290 g/mol. The van der Waals surface area contributed by atoms with Gasteiger partial charge in [-0.15, -0.1) is 0 Å². The molecule has 0 spiro atoms. The van der Waals surface area contributed by atoms with Gasteiger partial charge in [0.2, 0.25) is 0 Å². The molecule has 3 nitrogen and oxygen atoms in total. The Morgan fingerprint density at radius 2 is 2.25 bits per heavy atom. The highest BCUT2D eigenvalue weighted by Gasteiger charge is 2.45. The van der Waals surface area contributed by atoms with Gasteiger partial charge in [0, 0.05) is 5.70 Å². The molecule has 3 rings (SSSR count). The van der Waals surface area contributed by atoms with Crippen molar-refractivity contribution in [2.45, 2.75) is 32.0 Å². The van der Waals surface area contributed by atoms with Gasteiger partial charge in [-0.05, 0) is 37.0 Å². The predicted molar refractivity (Wildman–Crippen MR) is 80.3 cm³/mol. The molecule has 20 heavy (non-hydrogen) atoms. The van der Waals surface area contributed by atoms with Gasteiger partial charge in [-0.1, -0.05) is 30.9 Å². The highest BCUT2D eigenvalue weighted by molar-refractivity contribution is 7.80. The molecule has 0 unspecified atom stereocenters. The normalized spacial score (nSPS) is 22.4. The van der Waals surface area contributed by atoms with Gasteiger partial charge in [0.05, 0.1) is 11.7 Å². The smallest absolute Gasteiger partial charge is 0.288 e. The number of hydrogen-bond acceptors (Lipinski definition) is 2. The fourth-order valence-electron chi connectivity index (χ4n) is 2.84. The van der Waals surface area contributed by atoms with E-state index >= 15 is 0 Å². The summed E-state index contributed by atoms with van der Waals surface area (Å²) in [4.78, 5) is 16.4. The summed E-state index contributed by atoms with van der Waals surface area (Å²) in [6.45, 7) is 3.41. The molecule has 2 aliphatic heterocycles. The van der Waals surface area contributed by atoms with E-state index in [1.54, 1.807) is 29.2 Å². The Kier molecular flexibility index (Phi) is 3.30. The second kappa shape index (κ2) is 4.98. The van der Waals surface area contributed by atoms with Crippen molar-refractivity contribution in [2.75, 3.05) is 4.90 Å². The number of rotatable bonds is 2. The fraction of sp³-hybridized carbons (Fsp3) is 0.333. The summed E-state index contributed by atoms with van der Waals surface area (Å²) in [5, 5.41) is 0. The summed E-state index contributed by atoms with van der Waals surface area (Å²) < 4.78 is 12.8. The van der Waals surface area contributed by atoms with E-state index in [1.807, 2.05) is 0 Å². The summed E-state index contributed by atoms with van der Waals surface area (Å²) in [5.74, 6) is 0. The van der Waals surface area contributed by atoms with E-state index in [9.17, 15) is 9.18 Å². The zero-order chi connectivity index (χ0) is 14.3. The van der Waals surface area contributed by atoms with Crippen molar-refractivity contribution in [2.24, 2.45) is 0 Å². The Morgan fingerprint density at radius 1 is 1.45 bits per heavy atom. The molecule has 0 aromatic heterocycles. The van der Waals surface area contributed by atoms with Gasteiger partial charge in [0.1, 0.15) is 11.7 Å². The molecule has 2 saturated heterocycles. The van der Waals surface area contributed by atoms with Gasteiger partial charge >= 0.3 is 6.03 Å². The number of halogens is 1. The first kappa shape index (κ1) is 13.2. The van der Waals surface area contributed by atoms with Crippen LogP contribution in [0.25, 0.3) is 0 Å². The molecular formula is C15H15FN2OS. The highest BCUT2D eigenvalue weighted by Crippen LogP contribution is 2.35. The van der Waals surface area contributed by atoms with Crippen molar-refractivity contribution in [1.29, 1.82) is 0 Å². The quantitative estimate of drug-likeness (QED) is 0.774. The second-order valence-electron chi connectivity index (χ2n) is 5.10. The number of fused-ring (bicyclic) bond motifs is 1. The Morgan fingerprint density at radius 3 is 2.95 bits per heavy atom. The number of alkyl halides is 1. The van der Waals surface area contributed by atoms with Crippen LogP contribution in [0.4, 0.5) is 14.9 Å². The minimum atomic E-state index is -0.553. The van der Waals surface area contributed by atoms with Crippen LogP contribution in [0, 0.1) is 0 Å². The van der Waals surface area contributed by atoms with Crippen LogP contribution in [-0.4, -0.2) is 22.0 Å². The lowest BCUT2D eigenvalue weighted by atomic mass is 10.0. The number of piperidine rings is 1. The third-order valence-electron chi connectivity index (χ3n) is 3.82. The maximum Gasteiger partial charge on any atom is 0.334 e. The van der Waals surface area contributed by atoms with Crippen LogP contribution in [0.3, 0.4) is 0 Å². The third-order valence-corrected chi connectivity index (χ3v) is 4.28. The number of amides is 2. The van der Waals surface area contributed by atoms with Crippen molar-refractivity contribution >= 4 is 28.9 Å². The molecule has 5 heteroatoms. The number of hydrogen-bond donors (Lipinski definition) is 0. The van der Waals surface area contributed by atoms with Gasteiger partial charge in [-0.25, -0.2) is 9.18 Å². The summed E-state index contributed by atoms with van der Waals surface area (Å²) >= 11 is 5.46. The van der Waals surface area contributed by atoms with Crippen LogP contribution in [0.15, 0.2) is 36.5 Å². The molecule has 2 fully saturated rings. The third kappa shape index (κ3) is 1.93. The van der Waals surface area contributed by atoms with Crippen molar-refractivity contribution in [3.8, 4) is 0 Å². The first-order valence-corrected chi connectivity index (χ1v) is 7.04. The molecule has 2 aliphatic rings. The standard InChI is InChI=1S/C15H15FN2OS/c1-10-4-2-7-13-14(20)18(15(19)17(10)13)12-6-3-5-11(8-12)9-16/h3,5-6,8,13H,1-2,4,7,9H2/t13-/m1/s1. The molecule has 0 bridgehead atoms. The van der Waals surface area contributed by atoms with E-state index in [0.29, 0.717) is 16.2 Å². The second-order valence-corrected chi connectivity index (χ2v) is 5.52. The van der Waals surface area contributed by atoms with E-state index in [1.165, 1.54) is 4.90 Å². The summed E-state index contributed by atoms with van der Waals surface area (Å²) in [5.41, 5.74) is 2.00. The molecule has 1 aromatic rings. The number of urea groups is 1. The molecule has 1 atom stereocenters. The van der Waals surface area contributed by atoms with Crippen LogP contribution in [0.5, 0.6) is 0 Å². The number of nitrogens with zero attached hydrogens (tertiary/aromatic N) is 2. The first-order chi connectivity index (χ1) is 9.63. The predicted octanol–water partition coefficient (Wildman–Crippen LogP) is 3.79. The topological polar surface area (TPSA) is 23.6 Å². The Balaban J connectivity index is 1.99. The Labute approximate surface area is 122 Å². The molecule has 104 valence electrons. The number of anilines is 1. The molecular weight excluding hydrogens is 275 g/mol. The molecule has 0 N–H and O–H groups in total. The van der Waals surface area contributed by atoms with E-state index in [-0.39, 0.29) is 12.1 Å². The van der Waals surface area contributed by atoms with Crippen LogP contribution in [0.2, 0.25) is 0 Å². The lowest BCUT2D eigenvalue weighted by Gasteiger charge is -2.29. The summed E-state index contributed by atoms with van der Waals surface area (Å²) in [6.07, 6.45) is 2.68. The molecule has 2 amide bonds. The van der Waals surface area contributed by atoms with E-state index in [0.717, 1.165) is 25.0 Å². The number of carbonyl (C=O) groups is 1. The van der Waals surface area contributed by atoms with Crippen molar-refractivity contribution in [3.63, 3.8) is 0 Å². The van der Waals surface area contributed by atoms with Crippen LogP contribution in [0.1, 0.15) is 24.8 Å². The number of benzene rings is 1. The van der Waals surface area contributed by atoms with Gasteiger partial charge in [0.25, 0.3) is 0 Å². The average Bonchev–Trinajstić information content (AvgIpc) is 2.72. The zero-order valence-electron chi connectivity index (χ0n) is 11.0. The fourth-order valence-corrected chi connectivity index (χ4v) is 3.25. The molecule has 0 saturated carbocycles. The van der Waals surface area contributed by atoms with E-state index < -0.39 is 6.67 Å². The van der Waals surface area contributed by atoms with Gasteiger partial charge in [-0.3, -0.25) is 9.80 Å². The first-order valence-electron chi connectivity index (χ1n) is 6.63. The van der Waals surface area contributed by atoms with Crippen LogP contribution in [-0.2, 0) is 6.67 Å². The van der Waals surface area contributed by atoms with Gasteiger partial charge in [0.15, 0.2) is 0 Å². The lowest BCUT2D eigenvalue weighted by Crippen LogP contribution is -2.36. The van der Waals surface area contributed by atoms with Crippen LogP contribution >= 0.6 is 12.2 Å². The number of allylic oxidation sites excluding steroid dienone is 1. The van der Waals surface area contributed by atoms with Crippen molar-refractivity contribution < 1.29 is 9.18 Å². The Hall–Kier alpha value is -1.75. The minimum Gasteiger partial charge on any atom is -0.288 e. The molecule has 1 aromatic carbocycles. The van der Waals surface area contributed by atoms with Crippen molar-refractivity contribution in [3.05, 3.63) is 42.1 Å². The van der Waals surface area contributed by atoms with E-state index in [2.05, 4.69) is 6.58 Å². The number of carbonyl (C=O) groups excluding carboxylic acids is 1. The lowest BCUT2D eigenvalue weighted by molar-refractivity contribution is 0.213. The minimum absolute atomic E-state index is 0.0761. The molecule has 2 heterocycles. The number of thiocarbonyl (C=S) groups is 1. The SMILES string of the molecule is C=C1CCC[C@@H]2C(=S)N(c3cccc(CF)c3)C(=O)N12. The maximum absolute atomic E-state index is 12.8. The average molecular weight is 290 g/mol. The summed E-state index contributed by atoms with van der Waals surface area (Å²) in [6, 6.07) is 6.65. The van der Waals surface area contributed by atoms with Gasteiger partial charge in [-0.2, -0.15) is 0 Å². The maximum atomic E-state index is 12.8. The van der Waals surface area contributed by atoms with E-state index in [4.69, 9.17) is 12.2 Å².